The molecule has 2 atom stereocenters. The highest BCUT2D eigenvalue weighted by atomic mass is 16.7. The first-order chi connectivity index (χ1) is 9.26. The van der Waals surface area contributed by atoms with Crippen molar-refractivity contribution in [3.05, 3.63) is 23.8 Å². The number of fused-ring (bicyclic) bond motifs is 1. The molecule has 0 saturated heterocycles. The van der Waals surface area contributed by atoms with Gasteiger partial charge in [0, 0.05) is 19.6 Å². The smallest absolute Gasteiger partial charge is 0.231 e. The van der Waals surface area contributed by atoms with Crippen molar-refractivity contribution in [3.63, 3.8) is 0 Å². The van der Waals surface area contributed by atoms with E-state index in [4.69, 9.17) is 9.47 Å². The second kappa shape index (κ2) is 4.99. The monoisotopic (exact) mass is 261 g/mol. The highest BCUT2D eigenvalue weighted by Gasteiger charge is 2.33. The summed E-state index contributed by atoms with van der Waals surface area (Å²) in [6.07, 6.45) is 1.23. The third kappa shape index (κ3) is 2.75. The fraction of sp³-hybridized carbons (Fsp3) is 0.500. The second-order valence-electron chi connectivity index (χ2n) is 5.08. The van der Waals surface area contributed by atoms with E-state index >= 15 is 0 Å². The molecule has 1 heterocycles. The molecular formula is C14H19N3O2. The average Bonchev–Trinajstić information content (AvgIpc) is 2.92. The molecule has 5 nitrogen and oxygen atoms in total. The van der Waals surface area contributed by atoms with Gasteiger partial charge in [0.25, 0.3) is 0 Å². The van der Waals surface area contributed by atoms with Crippen LogP contribution in [0.4, 0.5) is 0 Å². The lowest BCUT2D eigenvalue weighted by molar-refractivity contribution is 0.174. The molecule has 0 amide bonds. The van der Waals surface area contributed by atoms with Gasteiger partial charge in [-0.3, -0.25) is 4.99 Å². The summed E-state index contributed by atoms with van der Waals surface area (Å²) in [6, 6.07) is 6.55. The molecule has 1 aliphatic carbocycles. The maximum absolute atomic E-state index is 5.36. The van der Waals surface area contributed by atoms with E-state index in [1.165, 1.54) is 6.42 Å². The normalized spacial score (nSPS) is 24.2. The average molecular weight is 261 g/mol. The highest BCUT2D eigenvalue weighted by Crippen LogP contribution is 2.32. The van der Waals surface area contributed by atoms with Crippen molar-refractivity contribution in [2.24, 2.45) is 10.9 Å². The summed E-state index contributed by atoms with van der Waals surface area (Å²) in [6.45, 7) is 3.27. The van der Waals surface area contributed by atoms with Gasteiger partial charge in [0.1, 0.15) is 0 Å². The number of aliphatic imine (C=N–C) groups is 1. The van der Waals surface area contributed by atoms with Crippen LogP contribution in [-0.2, 0) is 6.54 Å². The molecule has 2 N–H and O–H groups in total. The quantitative estimate of drug-likeness (QED) is 0.639. The Bertz CT molecular complexity index is 501. The van der Waals surface area contributed by atoms with Crippen LogP contribution < -0.4 is 20.1 Å². The summed E-state index contributed by atoms with van der Waals surface area (Å²) < 4.78 is 10.7. The van der Waals surface area contributed by atoms with Crippen molar-refractivity contribution in [2.75, 3.05) is 13.8 Å². The molecule has 2 aliphatic rings. The van der Waals surface area contributed by atoms with Crippen LogP contribution in [0.15, 0.2) is 23.2 Å². The van der Waals surface area contributed by atoms with Gasteiger partial charge in [-0.05, 0) is 30.0 Å². The van der Waals surface area contributed by atoms with Crippen molar-refractivity contribution < 1.29 is 9.47 Å². The van der Waals surface area contributed by atoms with Crippen molar-refractivity contribution in [3.8, 4) is 11.5 Å². The van der Waals surface area contributed by atoms with Crippen LogP contribution in [0.3, 0.4) is 0 Å². The Labute approximate surface area is 113 Å². The Hall–Kier alpha value is -1.91. The Morgan fingerprint density at radius 3 is 2.89 bits per heavy atom. The zero-order valence-corrected chi connectivity index (χ0v) is 11.3. The predicted molar refractivity (Wildman–Crippen MR) is 73.5 cm³/mol. The van der Waals surface area contributed by atoms with E-state index in [9.17, 15) is 0 Å². The number of ether oxygens (including phenoxy) is 2. The Kier molecular flexibility index (Phi) is 3.19. The minimum absolute atomic E-state index is 0.314. The number of nitrogens with zero attached hydrogens (tertiary/aromatic N) is 1. The van der Waals surface area contributed by atoms with Gasteiger partial charge < -0.3 is 20.1 Å². The van der Waals surface area contributed by atoms with Crippen LogP contribution >= 0.6 is 0 Å². The van der Waals surface area contributed by atoms with Gasteiger partial charge in [-0.15, -0.1) is 0 Å². The van der Waals surface area contributed by atoms with Gasteiger partial charge in [0.15, 0.2) is 17.5 Å². The molecule has 0 bridgehead atoms. The van der Waals surface area contributed by atoms with Gasteiger partial charge in [-0.1, -0.05) is 13.0 Å². The molecule has 1 aromatic carbocycles. The molecule has 0 radical (unpaired) electrons. The van der Waals surface area contributed by atoms with E-state index < -0.39 is 0 Å². The van der Waals surface area contributed by atoms with Crippen molar-refractivity contribution in [2.45, 2.75) is 25.9 Å². The summed E-state index contributed by atoms with van der Waals surface area (Å²) in [4.78, 5) is 4.23. The number of hydrogen-bond acceptors (Lipinski definition) is 3. The maximum atomic E-state index is 5.36. The van der Waals surface area contributed by atoms with Crippen molar-refractivity contribution in [1.82, 2.24) is 10.6 Å². The number of guanidine groups is 1. The summed E-state index contributed by atoms with van der Waals surface area (Å²) in [5.74, 6) is 3.24. The lowest BCUT2D eigenvalue weighted by atomic mass is 10.2. The Balaban J connectivity index is 1.56. The highest BCUT2D eigenvalue weighted by molar-refractivity contribution is 5.80. The number of hydrogen-bond donors (Lipinski definition) is 2. The Morgan fingerprint density at radius 2 is 2.16 bits per heavy atom. The first-order valence-corrected chi connectivity index (χ1v) is 6.62. The van der Waals surface area contributed by atoms with Crippen LogP contribution in [0.2, 0.25) is 0 Å². The largest absolute Gasteiger partial charge is 0.454 e. The zero-order valence-electron chi connectivity index (χ0n) is 11.3. The predicted octanol–water partition coefficient (Wildman–Crippen LogP) is 1.49. The van der Waals surface area contributed by atoms with Crippen LogP contribution in [0, 0.1) is 5.92 Å². The van der Waals surface area contributed by atoms with E-state index in [-0.39, 0.29) is 0 Å². The standard InChI is InChI=1S/C14H19N3O2/c1-9-5-11(9)17-14(15-2)16-7-10-3-4-12-13(6-10)19-8-18-12/h3-4,6,9,11H,5,7-8H2,1-2H3,(H2,15,16,17). The molecule has 19 heavy (non-hydrogen) atoms. The fourth-order valence-electron chi connectivity index (χ4n) is 2.13. The molecule has 1 aliphatic heterocycles. The molecule has 102 valence electrons. The van der Waals surface area contributed by atoms with E-state index in [1.54, 1.807) is 7.05 Å². The maximum Gasteiger partial charge on any atom is 0.231 e. The van der Waals surface area contributed by atoms with Crippen molar-refractivity contribution in [1.29, 1.82) is 0 Å². The fourth-order valence-corrected chi connectivity index (χ4v) is 2.13. The number of benzene rings is 1. The molecule has 0 spiro atoms. The molecule has 1 aromatic rings. The van der Waals surface area contributed by atoms with Crippen LogP contribution in [0.5, 0.6) is 11.5 Å². The topological polar surface area (TPSA) is 54.9 Å². The number of rotatable bonds is 3. The van der Waals surface area contributed by atoms with Crippen molar-refractivity contribution >= 4 is 5.96 Å². The first-order valence-electron chi connectivity index (χ1n) is 6.62. The zero-order chi connectivity index (χ0) is 13.2. The van der Waals surface area contributed by atoms with Gasteiger partial charge in [-0.25, -0.2) is 0 Å². The van der Waals surface area contributed by atoms with Gasteiger partial charge in [0.2, 0.25) is 6.79 Å². The van der Waals surface area contributed by atoms with E-state index in [1.807, 2.05) is 18.2 Å². The molecular weight excluding hydrogens is 242 g/mol. The van der Waals surface area contributed by atoms with Gasteiger partial charge in [-0.2, -0.15) is 0 Å². The van der Waals surface area contributed by atoms with Gasteiger partial charge in [0.05, 0.1) is 0 Å². The third-order valence-electron chi connectivity index (χ3n) is 3.55. The van der Waals surface area contributed by atoms with E-state index in [2.05, 4.69) is 22.5 Å². The van der Waals surface area contributed by atoms with Gasteiger partial charge >= 0.3 is 0 Å². The summed E-state index contributed by atoms with van der Waals surface area (Å²) in [7, 11) is 1.79. The SMILES string of the molecule is CN=C(NCc1ccc2c(c1)OCO2)NC1CC1C. The molecule has 2 unspecified atom stereocenters. The lowest BCUT2D eigenvalue weighted by Crippen LogP contribution is -2.38. The molecule has 5 heteroatoms. The summed E-state index contributed by atoms with van der Waals surface area (Å²) >= 11 is 0. The molecule has 1 fully saturated rings. The summed E-state index contributed by atoms with van der Waals surface area (Å²) in [5.41, 5.74) is 1.15. The van der Waals surface area contributed by atoms with Crippen LogP contribution in [0.1, 0.15) is 18.9 Å². The molecule has 3 rings (SSSR count). The van der Waals surface area contributed by atoms with E-state index in [0.717, 1.165) is 35.5 Å². The van der Waals surface area contributed by atoms with Crippen LogP contribution in [0.25, 0.3) is 0 Å². The Morgan fingerprint density at radius 1 is 1.37 bits per heavy atom. The summed E-state index contributed by atoms with van der Waals surface area (Å²) in [5, 5.41) is 6.71. The molecule has 1 saturated carbocycles. The lowest BCUT2D eigenvalue weighted by Gasteiger charge is -2.11. The second-order valence-corrected chi connectivity index (χ2v) is 5.08. The first kappa shape index (κ1) is 12.1. The van der Waals surface area contributed by atoms with Crippen LogP contribution in [-0.4, -0.2) is 25.8 Å². The van der Waals surface area contributed by atoms with E-state index in [0.29, 0.717) is 12.8 Å². The minimum Gasteiger partial charge on any atom is -0.454 e. The molecule has 0 aromatic heterocycles. The minimum atomic E-state index is 0.314. The third-order valence-corrected chi connectivity index (χ3v) is 3.55. The number of nitrogens with one attached hydrogen (secondary N) is 2.